The third-order valence-electron chi connectivity index (χ3n) is 22.9. The number of ketones is 2. The number of methoxy groups -OCH3 is 1. The molecule has 0 saturated carbocycles. The minimum atomic E-state index is -0.528. The van der Waals surface area contributed by atoms with Crippen LogP contribution in [-0.2, 0) is 51.2 Å². The fourth-order valence-corrected chi connectivity index (χ4v) is 17.2. The molecule has 6 heterocycles. The van der Waals surface area contributed by atoms with E-state index in [4.69, 9.17) is 4.74 Å². The van der Waals surface area contributed by atoms with E-state index < -0.39 is 24.2 Å². The first-order valence-electron chi connectivity index (χ1n) is 38.8. The van der Waals surface area contributed by atoms with Gasteiger partial charge in [-0.15, -0.1) is 0 Å². The molecule has 566 valence electrons. The van der Waals surface area contributed by atoms with Crippen molar-refractivity contribution in [1.82, 2.24) is 29.6 Å². The fourth-order valence-electron chi connectivity index (χ4n) is 16.6. The Labute approximate surface area is 656 Å². The van der Waals surface area contributed by atoms with Gasteiger partial charge in [-0.2, -0.15) is 0 Å². The maximum Gasteiger partial charge on any atom is 0.247 e. The lowest BCUT2D eigenvalue weighted by atomic mass is 9.91. The molecule has 11 aromatic rings. The summed E-state index contributed by atoms with van der Waals surface area (Å²) >= 11 is 3.80. The molecule has 4 aliphatic rings. The van der Waals surface area contributed by atoms with Gasteiger partial charge in [0, 0.05) is 76.8 Å². The third-order valence-corrected chi connectivity index (χ3v) is 23.7. The molecule has 111 heavy (non-hydrogen) atoms. The molecule has 0 spiro atoms. The molecule has 0 bridgehead atoms. The number of carbonyl (C=O) groups excluding carboxylic acids is 8. The normalized spacial score (nSPS) is 17.9. The summed E-state index contributed by atoms with van der Waals surface area (Å²) in [6.07, 6.45) is 6.24. The van der Waals surface area contributed by atoms with Crippen molar-refractivity contribution in [2.45, 2.75) is 140 Å². The van der Waals surface area contributed by atoms with Crippen molar-refractivity contribution < 1.29 is 43.1 Å². The number of H-pyrrole nitrogens is 2. The number of likely N-dealkylation sites (tertiary alicyclic amines) is 4. The second kappa shape index (κ2) is 34.2. The molecule has 0 radical (unpaired) electrons. The zero-order valence-corrected chi connectivity index (χ0v) is 64.9. The first-order chi connectivity index (χ1) is 53.9. The van der Waals surface area contributed by atoms with Gasteiger partial charge in [0.1, 0.15) is 17.8 Å². The van der Waals surface area contributed by atoms with E-state index in [9.17, 15) is 38.4 Å². The van der Waals surface area contributed by atoms with Crippen LogP contribution in [-0.4, -0.2) is 134 Å². The van der Waals surface area contributed by atoms with Gasteiger partial charge >= 0.3 is 0 Å². The second-order valence-electron chi connectivity index (χ2n) is 29.9. The number of halogens is 1. The number of rotatable bonds is 22. The molecule has 17 nitrogen and oxygen atoms in total. The number of amides is 6. The zero-order chi connectivity index (χ0) is 77.4. The Hall–Kier alpha value is -11.5. The maximum absolute atomic E-state index is 13.9. The van der Waals surface area contributed by atoms with Gasteiger partial charge < -0.3 is 44.9 Å². The van der Waals surface area contributed by atoms with Crippen molar-refractivity contribution in [3.05, 3.63) is 268 Å². The Bertz CT molecular complexity index is 5210. The monoisotopic (exact) mass is 1540 g/mol. The lowest BCUT2D eigenvalue weighted by Crippen LogP contribution is -2.44. The molecule has 6 amide bonds. The van der Waals surface area contributed by atoms with Gasteiger partial charge in [-0.3, -0.25) is 38.4 Å². The second-order valence-corrected chi connectivity index (χ2v) is 30.7. The van der Waals surface area contributed by atoms with Crippen LogP contribution in [0.1, 0.15) is 136 Å². The van der Waals surface area contributed by atoms with Crippen molar-refractivity contribution >= 4 is 96.1 Å². The number of Topliss-reactive ketones (excluding diaryl/α,β-unsaturated/α-hetero) is 2. The molecule has 4 N–H and O–H groups in total. The first kappa shape index (κ1) is 76.3. The predicted molar refractivity (Wildman–Crippen MR) is 440 cm³/mol. The summed E-state index contributed by atoms with van der Waals surface area (Å²) in [4.78, 5) is 123. The van der Waals surface area contributed by atoms with Crippen molar-refractivity contribution in [1.29, 1.82) is 0 Å². The molecule has 4 aliphatic heterocycles. The highest BCUT2D eigenvalue weighted by Crippen LogP contribution is 2.42. The van der Waals surface area contributed by atoms with Crippen LogP contribution < -0.4 is 15.4 Å². The highest BCUT2D eigenvalue weighted by atomic mass is 79.9. The van der Waals surface area contributed by atoms with Crippen molar-refractivity contribution in [2.75, 3.05) is 43.9 Å². The molecule has 15 rings (SSSR count). The van der Waals surface area contributed by atoms with Crippen LogP contribution in [0.2, 0.25) is 0 Å². The minimum absolute atomic E-state index is 0.0285. The van der Waals surface area contributed by atoms with E-state index in [0.29, 0.717) is 63.2 Å². The Balaban J connectivity index is 0.000000186. The van der Waals surface area contributed by atoms with Crippen molar-refractivity contribution in [2.24, 2.45) is 0 Å². The third kappa shape index (κ3) is 16.7. The van der Waals surface area contributed by atoms with Crippen molar-refractivity contribution in [3.8, 4) is 39.4 Å². The highest BCUT2D eigenvalue weighted by Gasteiger charge is 2.41. The van der Waals surface area contributed by atoms with Crippen LogP contribution in [0.4, 0.5) is 11.4 Å². The van der Waals surface area contributed by atoms with E-state index in [-0.39, 0.29) is 83.5 Å². The molecule has 2 aromatic heterocycles. The van der Waals surface area contributed by atoms with Crippen LogP contribution in [0.25, 0.3) is 55.4 Å². The number of aromatic nitrogens is 2. The van der Waals surface area contributed by atoms with E-state index in [2.05, 4.69) is 42.6 Å². The van der Waals surface area contributed by atoms with Crippen LogP contribution >= 0.6 is 15.9 Å². The summed E-state index contributed by atoms with van der Waals surface area (Å²) in [5.74, 6) is -0.785. The quantitative estimate of drug-likeness (QED) is 0.0507. The van der Waals surface area contributed by atoms with Crippen LogP contribution in [0.3, 0.4) is 0 Å². The van der Waals surface area contributed by atoms with Gasteiger partial charge in [0.15, 0.2) is 11.6 Å². The van der Waals surface area contributed by atoms with Crippen molar-refractivity contribution in [3.63, 3.8) is 0 Å². The van der Waals surface area contributed by atoms with Gasteiger partial charge in [0.25, 0.3) is 0 Å². The topological polar surface area (TPSA) is 214 Å². The standard InChI is InChI=1S/C50H50N4O5.C43H43BrN4O4/c1-32(35-12-6-4-7-13-35)48(56)43-16-10-28-53(43)45(55)31-34-18-27-42-41(30-34)46(37-21-25-40(59-3)26-22-37)47(52-42)38-19-23-39(24-20-38)51-49(57)44-17-11-29-54(44)50(58)33(2)36-14-8-5-9-15-36;1-27(30-11-5-3-6-12-30)41(50)36-15-9-23-47(36)38(49)26-29-17-22-35-34(25-29)39(44)40(46-35)32-18-20-33(21-19-32)45-42(51)37-16-10-24-48(37)43(52)28(2)31-13-7-4-8-14-31/h4-9,12-15,18-27,30,32-33,43-44,52H,10-11,16-17,28-29,31H2,1-3H3,(H,51,57);3-8,11-14,17-22,25,27-28,36-37,46H,9-10,15-16,23-24,26H2,1-2H3,(H,45,51)/t32-,33-,43?,44+;27-,28-,36?,37+/m11/s1. The van der Waals surface area contributed by atoms with Gasteiger partial charge in [-0.25, -0.2) is 0 Å². The molecular weight excluding hydrogens is 1450 g/mol. The number of aromatic amines is 2. The molecule has 8 atom stereocenters. The highest BCUT2D eigenvalue weighted by molar-refractivity contribution is 9.10. The number of hydrogen-bond acceptors (Lipinski definition) is 9. The lowest BCUT2D eigenvalue weighted by molar-refractivity contribution is -0.137. The number of benzene rings is 9. The summed E-state index contributed by atoms with van der Waals surface area (Å²) in [7, 11) is 1.64. The minimum Gasteiger partial charge on any atom is -0.497 e. The van der Waals surface area contributed by atoms with Gasteiger partial charge in [-0.1, -0.05) is 184 Å². The number of anilines is 2. The summed E-state index contributed by atoms with van der Waals surface area (Å²) in [6.45, 7) is 9.96. The fraction of sp³-hybridized carbons (Fsp3) is 0.290. The SMILES string of the molecule is COc1ccc(-c2c(-c3ccc(NC(=O)[C@@H]4CCCN4C(=O)[C@H](C)c4ccccc4)cc3)[nH]c3ccc(CC(=O)N4CCCC4C(=O)[C@H](C)c4ccccc4)cc23)cc1.C[C@@H](C(=O)C1CCCN1C(=O)Cc1ccc2[nH]c(-c3ccc(NC(=O)[C@@H]4CCCN4C(=O)[C@H](C)c4ccccc4)cc3)c(Br)c2c1)c1ccccc1. The van der Waals surface area contributed by atoms with E-state index in [1.54, 1.807) is 26.7 Å². The van der Waals surface area contributed by atoms with E-state index in [1.807, 2.05) is 252 Å². The summed E-state index contributed by atoms with van der Waals surface area (Å²) in [6, 6.07) is 72.4. The molecule has 0 aliphatic carbocycles. The molecule has 2 unspecified atom stereocenters. The van der Waals surface area contributed by atoms with Gasteiger partial charge in [-0.05, 0) is 192 Å². The Morgan fingerprint density at radius 3 is 1.17 bits per heavy atom. The summed E-state index contributed by atoms with van der Waals surface area (Å²) in [5, 5.41) is 8.03. The number of ether oxygens (including phenoxy) is 1. The first-order valence-corrected chi connectivity index (χ1v) is 39.6. The Morgan fingerprint density at radius 2 is 0.757 bits per heavy atom. The Kier molecular flexibility index (Phi) is 23.5. The molecule has 9 aromatic carbocycles. The molecular formula is C93H93BrN8O9. The number of nitrogens with one attached hydrogen (secondary N) is 4. The smallest absolute Gasteiger partial charge is 0.247 e. The summed E-state index contributed by atoms with van der Waals surface area (Å²) in [5.41, 5.74) is 14.3. The van der Waals surface area contributed by atoms with Crippen LogP contribution in [0, 0.1) is 0 Å². The molecule has 4 fully saturated rings. The molecule has 18 heteroatoms. The van der Waals surface area contributed by atoms with Crippen LogP contribution in [0.15, 0.2) is 235 Å². The van der Waals surface area contributed by atoms with E-state index >= 15 is 0 Å². The average molecular weight is 1550 g/mol. The van der Waals surface area contributed by atoms with Gasteiger partial charge in [0.05, 0.1) is 59.7 Å². The number of carbonyl (C=O) groups is 8. The Morgan fingerprint density at radius 1 is 0.405 bits per heavy atom. The largest absolute Gasteiger partial charge is 0.497 e. The predicted octanol–water partition coefficient (Wildman–Crippen LogP) is 17.4. The number of fused-ring (bicyclic) bond motifs is 2. The summed E-state index contributed by atoms with van der Waals surface area (Å²) < 4.78 is 6.35. The van der Waals surface area contributed by atoms with Crippen LogP contribution in [0.5, 0.6) is 5.75 Å². The maximum atomic E-state index is 13.9. The van der Waals surface area contributed by atoms with E-state index in [1.165, 1.54) is 0 Å². The average Bonchev–Trinajstić information content (AvgIpc) is 1.60. The lowest BCUT2D eigenvalue weighted by Gasteiger charge is -2.27. The zero-order valence-electron chi connectivity index (χ0n) is 63.3. The van der Waals surface area contributed by atoms with E-state index in [0.717, 1.165) is 125 Å². The van der Waals surface area contributed by atoms with Gasteiger partial charge in [0.2, 0.25) is 35.4 Å². The molecule has 4 saturated heterocycles. The number of nitrogens with zero attached hydrogens (tertiary/aromatic N) is 4. The number of hydrogen-bond donors (Lipinski definition) is 4.